The van der Waals surface area contributed by atoms with Crippen molar-refractivity contribution in [3.8, 4) is 0 Å². The maximum atomic E-state index is 5.93. The SMILES string of the molecule is Cc1nn(C2CCC(C)CC2)c(C)c1CC(C)N. The third-order valence-corrected chi connectivity index (χ3v) is 4.33. The molecule has 18 heavy (non-hydrogen) atoms. The maximum absolute atomic E-state index is 5.93. The second-order valence-electron chi connectivity index (χ2n) is 6.19. The minimum Gasteiger partial charge on any atom is -0.328 e. The molecule has 0 spiro atoms. The third kappa shape index (κ3) is 2.77. The standard InChI is InChI=1S/C15H27N3/c1-10-5-7-14(8-6-10)18-13(4)15(9-11(2)16)12(3)17-18/h10-11,14H,5-9,16H2,1-4H3. The molecule has 1 aromatic heterocycles. The summed E-state index contributed by atoms with van der Waals surface area (Å²) in [5, 5.41) is 4.77. The van der Waals surface area contributed by atoms with Gasteiger partial charge in [-0.1, -0.05) is 6.92 Å². The lowest BCUT2D eigenvalue weighted by Gasteiger charge is -2.27. The van der Waals surface area contributed by atoms with Crippen molar-refractivity contribution in [1.82, 2.24) is 9.78 Å². The molecule has 0 saturated heterocycles. The van der Waals surface area contributed by atoms with Gasteiger partial charge in [0.05, 0.1) is 11.7 Å². The summed E-state index contributed by atoms with van der Waals surface area (Å²) in [6, 6.07) is 0.827. The summed E-state index contributed by atoms with van der Waals surface area (Å²) in [6.07, 6.45) is 6.18. The Hall–Kier alpha value is -0.830. The zero-order valence-electron chi connectivity index (χ0n) is 12.2. The number of aromatic nitrogens is 2. The highest BCUT2D eigenvalue weighted by Crippen LogP contribution is 2.33. The smallest absolute Gasteiger partial charge is 0.0629 e. The average Bonchev–Trinajstić information content (AvgIpc) is 2.58. The summed E-state index contributed by atoms with van der Waals surface area (Å²) < 4.78 is 2.28. The van der Waals surface area contributed by atoms with Crippen LogP contribution in [-0.2, 0) is 6.42 Å². The Bertz CT molecular complexity index is 398. The second kappa shape index (κ2) is 5.43. The number of aryl methyl sites for hydroxylation is 1. The summed E-state index contributed by atoms with van der Waals surface area (Å²) in [4.78, 5) is 0. The summed E-state index contributed by atoms with van der Waals surface area (Å²) in [5.74, 6) is 0.891. The molecule has 1 heterocycles. The van der Waals surface area contributed by atoms with Crippen LogP contribution in [0.3, 0.4) is 0 Å². The lowest BCUT2D eigenvalue weighted by molar-refractivity contribution is 0.270. The predicted molar refractivity (Wildman–Crippen MR) is 75.7 cm³/mol. The first-order valence-electron chi connectivity index (χ1n) is 7.29. The van der Waals surface area contributed by atoms with Gasteiger partial charge in [-0.15, -0.1) is 0 Å². The predicted octanol–water partition coefficient (Wildman–Crippen LogP) is 3.14. The largest absolute Gasteiger partial charge is 0.328 e. The maximum Gasteiger partial charge on any atom is 0.0629 e. The normalized spacial score (nSPS) is 26.3. The van der Waals surface area contributed by atoms with E-state index in [-0.39, 0.29) is 6.04 Å². The van der Waals surface area contributed by atoms with Crippen molar-refractivity contribution in [2.24, 2.45) is 11.7 Å². The summed E-state index contributed by atoms with van der Waals surface area (Å²) in [6.45, 7) is 8.75. The molecule has 0 aliphatic heterocycles. The molecular weight excluding hydrogens is 222 g/mol. The van der Waals surface area contributed by atoms with E-state index in [0.29, 0.717) is 6.04 Å². The number of nitrogens with two attached hydrogens (primary N) is 1. The molecule has 0 amide bonds. The highest BCUT2D eigenvalue weighted by Gasteiger charge is 2.23. The molecule has 1 aliphatic carbocycles. The van der Waals surface area contributed by atoms with Crippen LogP contribution < -0.4 is 5.73 Å². The molecule has 102 valence electrons. The van der Waals surface area contributed by atoms with Crippen molar-refractivity contribution in [3.63, 3.8) is 0 Å². The quantitative estimate of drug-likeness (QED) is 0.894. The van der Waals surface area contributed by atoms with Crippen LogP contribution in [0.25, 0.3) is 0 Å². The van der Waals surface area contributed by atoms with E-state index in [4.69, 9.17) is 10.8 Å². The molecule has 1 aliphatic rings. The van der Waals surface area contributed by atoms with Crippen LogP contribution in [0, 0.1) is 19.8 Å². The van der Waals surface area contributed by atoms with Crippen molar-refractivity contribution in [3.05, 3.63) is 17.0 Å². The fourth-order valence-electron chi connectivity index (χ4n) is 3.16. The average molecular weight is 249 g/mol. The summed E-state index contributed by atoms with van der Waals surface area (Å²) in [7, 11) is 0. The van der Waals surface area contributed by atoms with Gasteiger partial charge in [-0.25, -0.2) is 0 Å². The van der Waals surface area contributed by atoms with Gasteiger partial charge in [0, 0.05) is 11.7 Å². The second-order valence-corrected chi connectivity index (χ2v) is 6.19. The van der Waals surface area contributed by atoms with Crippen molar-refractivity contribution < 1.29 is 0 Å². The topological polar surface area (TPSA) is 43.8 Å². The first-order chi connectivity index (χ1) is 8.49. The van der Waals surface area contributed by atoms with E-state index in [9.17, 15) is 0 Å². The van der Waals surface area contributed by atoms with E-state index in [2.05, 4.69) is 32.4 Å². The summed E-state index contributed by atoms with van der Waals surface area (Å²) >= 11 is 0. The van der Waals surface area contributed by atoms with Gasteiger partial charge in [0.2, 0.25) is 0 Å². The molecule has 2 rings (SSSR count). The molecule has 0 bridgehead atoms. The molecule has 0 radical (unpaired) electrons. The number of hydrogen-bond donors (Lipinski definition) is 1. The molecule has 3 nitrogen and oxygen atoms in total. The van der Waals surface area contributed by atoms with Gasteiger partial charge in [0.1, 0.15) is 0 Å². The number of rotatable bonds is 3. The Morgan fingerprint density at radius 3 is 2.44 bits per heavy atom. The monoisotopic (exact) mass is 249 g/mol. The molecular formula is C15H27N3. The Morgan fingerprint density at radius 1 is 1.28 bits per heavy atom. The van der Waals surface area contributed by atoms with E-state index in [1.807, 2.05) is 0 Å². The molecule has 1 atom stereocenters. The number of hydrogen-bond acceptors (Lipinski definition) is 2. The fourth-order valence-corrected chi connectivity index (χ4v) is 3.16. The van der Waals surface area contributed by atoms with E-state index < -0.39 is 0 Å². The van der Waals surface area contributed by atoms with Crippen LogP contribution in [0.15, 0.2) is 0 Å². The Labute approximate surface area is 111 Å². The van der Waals surface area contributed by atoms with E-state index in [1.54, 1.807) is 0 Å². The van der Waals surface area contributed by atoms with Gasteiger partial charge in [0.15, 0.2) is 0 Å². The fraction of sp³-hybridized carbons (Fsp3) is 0.800. The number of nitrogens with zero attached hydrogens (tertiary/aromatic N) is 2. The van der Waals surface area contributed by atoms with Crippen molar-refractivity contribution >= 4 is 0 Å². The van der Waals surface area contributed by atoms with Crippen molar-refractivity contribution in [2.45, 2.75) is 71.9 Å². The Kier molecular flexibility index (Phi) is 4.10. The van der Waals surface area contributed by atoms with Gasteiger partial charge >= 0.3 is 0 Å². The van der Waals surface area contributed by atoms with Gasteiger partial charge in [-0.3, -0.25) is 4.68 Å². The van der Waals surface area contributed by atoms with Gasteiger partial charge in [0.25, 0.3) is 0 Å². The molecule has 1 unspecified atom stereocenters. The van der Waals surface area contributed by atoms with Crippen LogP contribution in [0.1, 0.15) is 62.5 Å². The first kappa shape index (κ1) is 13.6. The van der Waals surface area contributed by atoms with E-state index in [0.717, 1.165) is 12.3 Å². The first-order valence-corrected chi connectivity index (χ1v) is 7.29. The highest BCUT2D eigenvalue weighted by atomic mass is 15.3. The summed E-state index contributed by atoms with van der Waals surface area (Å²) in [5.41, 5.74) is 9.80. The molecule has 1 fully saturated rings. The van der Waals surface area contributed by atoms with E-state index >= 15 is 0 Å². The molecule has 2 N–H and O–H groups in total. The van der Waals surface area contributed by atoms with Crippen molar-refractivity contribution in [2.75, 3.05) is 0 Å². The van der Waals surface area contributed by atoms with Gasteiger partial charge in [-0.2, -0.15) is 5.10 Å². The molecule has 1 aromatic rings. The lowest BCUT2D eigenvalue weighted by atomic mass is 9.87. The molecule has 1 saturated carbocycles. The minimum absolute atomic E-state index is 0.214. The van der Waals surface area contributed by atoms with E-state index in [1.165, 1.54) is 42.6 Å². The molecule has 3 heteroatoms. The Morgan fingerprint density at radius 2 is 1.89 bits per heavy atom. The van der Waals surface area contributed by atoms with Gasteiger partial charge < -0.3 is 5.73 Å². The van der Waals surface area contributed by atoms with Crippen molar-refractivity contribution in [1.29, 1.82) is 0 Å². The van der Waals surface area contributed by atoms with Crippen LogP contribution in [0.5, 0.6) is 0 Å². The van der Waals surface area contributed by atoms with Gasteiger partial charge in [-0.05, 0) is 64.4 Å². The molecule has 0 aromatic carbocycles. The minimum atomic E-state index is 0.214. The zero-order valence-corrected chi connectivity index (χ0v) is 12.2. The zero-order chi connectivity index (χ0) is 13.3. The van der Waals surface area contributed by atoms with Crippen LogP contribution in [0.4, 0.5) is 0 Å². The lowest BCUT2D eigenvalue weighted by Crippen LogP contribution is -2.20. The van der Waals surface area contributed by atoms with Crippen LogP contribution in [0.2, 0.25) is 0 Å². The van der Waals surface area contributed by atoms with Crippen LogP contribution in [-0.4, -0.2) is 15.8 Å². The third-order valence-electron chi connectivity index (χ3n) is 4.33. The van der Waals surface area contributed by atoms with Crippen LogP contribution >= 0.6 is 0 Å². The highest BCUT2D eigenvalue weighted by molar-refractivity contribution is 5.26. The Balaban J connectivity index is 2.19.